The minimum absolute atomic E-state index is 0.122. The molecule has 0 saturated heterocycles. The number of aromatic nitrogens is 2. The molecule has 0 aliphatic carbocycles. The van der Waals surface area contributed by atoms with Crippen molar-refractivity contribution < 1.29 is 14.3 Å². The minimum Gasteiger partial charge on any atom is -0.469 e. The highest BCUT2D eigenvalue weighted by Crippen LogP contribution is 2.17. The van der Waals surface area contributed by atoms with Gasteiger partial charge in [-0.2, -0.15) is 0 Å². The summed E-state index contributed by atoms with van der Waals surface area (Å²) in [6, 6.07) is 11.4. The summed E-state index contributed by atoms with van der Waals surface area (Å²) in [5.74, 6) is 6.12. The number of nitrogens with zero attached hydrogens (tertiary/aromatic N) is 2. The summed E-state index contributed by atoms with van der Waals surface area (Å²) in [4.78, 5) is 28.4. The summed E-state index contributed by atoms with van der Waals surface area (Å²) in [7, 11) is 1.43. The quantitative estimate of drug-likeness (QED) is 0.235. The molecule has 1 aromatic carbocycles. The predicted molar refractivity (Wildman–Crippen MR) is 135 cm³/mol. The summed E-state index contributed by atoms with van der Waals surface area (Å²) in [6.07, 6.45) is 9.78. The first kappa shape index (κ1) is 25.0. The number of benzene rings is 1. The number of hydrogen-bond acceptors (Lipinski definition) is 4. The molecule has 0 bridgehead atoms. The average molecular weight is 460 g/mol. The Labute approximate surface area is 201 Å². The Balaban J connectivity index is 1.41. The first-order chi connectivity index (χ1) is 16.5. The number of fused-ring (bicyclic) bond motifs is 1. The molecule has 0 aliphatic rings. The van der Waals surface area contributed by atoms with Gasteiger partial charge in [-0.25, -0.2) is 4.98 Å². The van der Waals surface area contributed by atoms with Crippen LogP contribution in [0.1, 0.15) is 78.7 Å². The van der Waals surface area contributed by atoms with E-state index in [-0.39, 0.29) is 11.9 Å². The Bertz CT molecular complexity index is 1180. The van der Waals surface area contributed by atoms with E-state index in [4.69, 9.17) is 0 Å². The molecule has 6 heteroatoms. The summed E-state index contributed by atoms with van der Waals surface area (Å²) < 4.78 is 6.57. The number of carbonyl (C=O) groups is 2. The van der Waals surface area contributed by atoms with E-state index in [1.54, 1.807) is 6.07 Å². The number of ether oxygens (including phenoxy) is 1. The minimum atomic E-state index is -0.177. The van der Waals surface area contributed by atoms with Crippen LogP contribution >= 0.6 is 0 Å². The van der Waals surface area contributed by atoms with Crippen LogP contribution in [0.3, 0.4) is 0 Å². The van der Waals surface area contributed by atoms with Gasteiger partial charge < -0.3 is 14.5 Å². The zero-order chi connectivity index (χ0) is 24.3. The third kappa shape index (κ3) is 7.21. The highest BCUT2D eigenvalue weighted by atomic mass is 16.5. The molecule has 3 rings (SSSR count). The molecule has 34 heavy (non-hydrogen) atoms. The molecule has 178 valence electrons. The van der Waals surface area contributed by atoms with Crippen molar-refractivity contribution >= 4 is 23.2 Å². The molecule has 3 aromatic rings. The smallest absolute Gasteiger partial charge is 0.305 e. The Morgan fingerprint density at radius 2 is 1.71 bits per heavy atom. The molecule has 1 amide bonds. The van der Waals surface area contributed by atoms with Crippen molar-refractivity contribution in [3.8, 4) is 11.8 Å². The van der Waals surface area contributed by atoms with Crippen LogP contribution in [0.4, 0.5) is 5.69 Å². The van der Waals surface area contributed by atoms with Gasteiger partial charge in [-0.3, -0.25) is 9.59 Å². The number of anilines is 1. The van der Waals surface area contributed by atoms with Gasteiger partial charge in [0.15, 0.2) is 0 Å². The van der Waals surface area contributed by atoms with Gasteiger partial charge in [-0.1, -0.05) is 37.5 Å². The number of unbranched alkanes of at least 4 members (excludes halogenated alkanes) is 6. The fourth-order valence-corrected chi connectivity index (χ4v) is 3.86. The van der Waals surface area contributed by atoms with E-state index in [0.717, 1.165) is 61.2 Å². The van der Waals surface area contributed by atoms with Crippen molar-refractivity contribution in [3.63, 3.8) is 0 Å². The topological polar surface area (TPSA) is 72.7 Å². The number of hydrogen-bond donors (Lipinski definition) is 1. The number of nitrogens with one attached hydrogen (secondary N) is 1. The van der Waals surface area contributed by atoms with Crippen molar-refractivity contribution in [2.45, 2.75) is 65.2 Å². The normalized spacial score (nSPS) is 10.6. The molecule has 0 spiro atoms. The second-order valence-electron chi connectivity index (χ2n) is 8.49. The van der Waals surface area contributed by atoms with E-state index >= 15 is 0 Å². The second-order valence-corrected chi connectivity index (χ2v) is 8.49. The molecule has 0 saturated carbocycles. The van der Waals surface area contributed by atoms with Crippen LogP contribution < -0.4 is 5.32 Å². The van der Waals surface area contributed by atoms with Crippen LogP contribution in [-0.4, -0.2) is 28.4 Å². The predicted octanol–water partition coefficient (Wildman–Crippen LogP) is 5.85. The lowest BCUT2D eigenvalue weighted by molar-refractivity contribution is -0.140. The Hall–Kier alpha value is -3.59. The number of carbonyl (C=O) groups excluding carboxylic acids is 2. The third-order valence-electron chi connectivity index (χ3n) is 5.72. The third-order valence-corrected chi connectivity index (χ3v) is 5.72. The van der Waals surface area contributed by atoms with Crippen molar-refractivity contribution in [2.24, 2.45) is 0 Å². The van der Waals surface area contributed by atoms with Crippen LogP contribution in [0.2, 0.25) is 0 Å². The Kier molecular flexibility index (Phi) is 9.28. The van der Waals surface area contributed by atoms with Gasteiger partial charge >= 0.3 is 5.97 Å². The number of esters is 1. The molecule has 0 unspecified atom stereocenters. The van der Waals surface area contributed by atoms with Crippen LogP contribution in [-0.2, 0) is 9.53 Å². The van der Waals surface area contributed by atoms with Gasteiger partial charge in [-0.15, -0.1) is 0 Å². The highest BCUT2D eigenvalue weighted by Gasteiger charge is 2.14. The molecule has 1 N–H and O–H groups in total. The van der Waals surface area contributed by atoms with Crippen LogP contribution in [0.5, 0.6) is 0 Å². The van der Waals surface area contributed by atoms with E-state index in [0.29, 0.717) is 17.6 Å². The molecule has 2 heterocycles. The Morgan fingerprint density at radius 1 is 1.00 bits per heavy atom. The lowest BCUT2D eigenvalue weighted by Crippen LogP contribution is -2.12. The average Bonchev–Trinajstić information content (AvgIpc) is 3.25. The second kappa shape index (κ2) is 12.6. The first-order valence-electron chi connectivity index (χ1n) is 11.9. The summed E-state index contributed by atoms with van der Waals surface area (Å²) in [5.41, 5.74) is 4.81. The van der Waals surface area contributed by atoms with E-state index in [2.05, 4.69) is 26.9 Å². The molecular formula is C28H33N3O3. The summed E-state index contributed by atoms with van der Waals surface area (Å²) in [5, 5.41) is 2.95. The van der Waals surface area contributed by atoms with Crippen LogP contribution in [0.15, 0.2) is 42.6 Å². The SMILES string of the molecule is COC(=O)CCCCCCCCC#Cc1ccc(NC(=O)c2ccn3c(C)cc(C)nc23)cc1. The number of amides is 1. The van der Waals surface area contributed by atoms with E-state index in [9.17, 15) is 9.59 Å². The van der Waals surface area contributed by atoms with Gasteiger partial charge in [0.1, 0.15) is 5.65 Å². The van der Waals surface area contributed by atoms with Crippen molar-refractivity contribution in [1.82, 2.24) is 9.38 Å². The maximum absolute atomic E-state index is 12.8. The zero-order valence-corrected chi connectivity index (χ0v) is 20.3. The number of methoxy groups -OCH3 is 1. The van der Waals surface area contributed by atoms with Crippen molar-refractivity contribution in [1.29, 1.82) is 0 Å². The van der Waals surface area contributed by atoms with E-state index in [1.807, 2.05) is 54.8 Å². The van der Waals surface area contributed by atoms with Crippen LogP contribution in [0.25, 0.3) is 5.65 Å². The summed E-state index contributed by atoms with van der Waals surface area (Å²) in [6.45, 7) is 3.93. The standard InChI is InChI=1S/C28H33N3O3/c1-21-20-22(2)31-19-18-25(27(31)29-21)28(33)30-24-16-14-23(15-17-24)12-10-8-6-4-5-7-9-11-13-26(32)34-3/h14-20H,4-9,11,13H2,1-3H3,(H,30,33). The van der Waals surface area contributed by atoms with Gasteiger partial charge in [0.05, 0.1) is 12.7 Å². The van der Waals surface area contributed by atoms with Gasteiger partial charge in [-0.05, 0) is 63.1 Å². The van der Waals surface area contributed by atoms with Crippen molar-refractivity contribution in [2.75, 3.05) is 12.4 Å². The molecule has 6 nitrogen and oxygen atoms in total. The molecule has 0 fully saturated rings. The van der Waals surface area contributed by atoms with E-state index in [1.165, 1.54) is 13.5 Å². The lowest BCUT2D eigenvalue weighted by Gasteiger charge is -2.06. The lowest BCUT2D eigenvalue weighted by atomic mass is 10.1. The van der Waals surface area contributed by atoms with Gasteiger partial charge in [0, 0.05) is 41.7 Å². The first-order valence-corrected chi connectivity index (χ1v) is 11.9. The zero-order valence-electron chi connectivity index (χ0n) is 20.3. The summed E-state index contributed by atoms with van der Waals surface area (Å²) >= 11 is 0. The van der Waals surface area contributed by atoms with Crippen molar-refractivity contribution in [3.05, 3.63) is 65.1 Å². The largest absolute Gasteiger partial charge is 0.469 e. The van der Waals surface area contributed by atoms with Gasteiger partial charge in [0.2, 0.25) is 0 Å². The number of aryl methyl sites for hydroxylation is 2. The Morgan fingerprint density at radius 3 is 2.44 bits per heavy atom. The molecule has 0 aliphatic heterocycles. The molecular weight excluding hydrogens is 426 g/mol. The highest BCUT2D eigenvalue weighted by molar-refractivity contribution is 6.08. The van der Waals surface area contributed by atoms with E-state index < -0.39 is 0 Å². The maximum Gasteiger partial charge on any atom is 0.305 e. The molecule has 2 aromatic heterocycles. The fourth-order valence-electron chi connectivity index (χ4n) is 3.86. The van der Waals surface area contributed by atoms with Crippen LogP contribution in [0, 0.1) is 25.7 Å². The van der Waals surface area contributed by atoms with Gasteiger partial charge in [0.25, 0.3) is 5.91 Å². The number of rotatable bonds is 10. The molecule has 0 radical (unpaired) electrons. The molecule has 0 atom stereocenters. The monoisotopic (exact) mass is 459 g/mol. The maximum atomic E-state index is 12.8. The fraction of sp³-hybridized carbons (Fsp3) is 0.393.